The molecule has 0 bridgehead atoms. The number of ether oxygens (including phenoxy) is 1. The summed E-state index contributed by atoms with van der Waals surface area (Å²) in [4.78, 5) is 8.61. The number of benzene rings is 1. The Balaban J connectivity index is 1.44. The van der Waals surface area contributed by atoms with Gasteiger partial charge < -0.3 is 10.5 Å². The number of pyridine rings is 1. The van der Waals surface area contributed by atoms with Gasteiger partial charge in [-0.2, -0.15) is 10.4 Å². The highest BCUT2D eigenvalue weighted by atomic mass is 16.5. The zero-order chi connectivity index (χ0) is 22.5. The number of hydrogen-bond donors (Lipinski definition) is 1. The molecule has 0 spiro atoms. The molecule has 1 aliphatic heterocycles. The topological polar surface area (TPSA) is 108 Å². The Morgan fingerprint density at radius 2 is 1.85 bits per heavy atom. The van der Waals surface area contributed by atoms with Gasteiger partial charge in [0, 0.05) is 49.0 Å². The minimum absolute atomic E-state index is 0.138. The monoisotopic (exact) mass is 435 g/mol. The van der Waals surface area contributed by atoms with E-state index in [0.29, 0.717) is 17.4 Å². The second-order valence-corrected chi connectivity index (χ2v) is 8.38. The van der Waals surface area contributed by atoms with E-state index in [1.807, 2.05) is 54.2 Å². The van der Waals surface area contributed by atoms with E-state index in [4.69, 9.17) is 15.6 Å². The molecule has 162 valence electrons. The molecule has 1 unspecified atom stereocenters. The molecule has 8 heteroatoms. The third-order valence-corrected chi connectivity index (χ3v) is 6.28. The standard InChI is InChI=1S/C25H21N7O/c1-31-25-21(22(30-31)16-2-3-16)20(19(14-26)23(27)33-25)15-4-6-18(7-5-15)32-13-12-29-24(32)17-8-10-28-11-9-17/h4-13,16,20H,2-3,27H2,1H3. The van der Waals surface area contributed by atoms with Crippen LogP contribution in [-0.2, 0) is 7.05 Å². The van der Waals surface area contributed by atoms with Crippen LogP contribution < -0.4 is 10.5 Å². The summed E-state index contributed by atoms with van der Waals surface area (Å²) in [6.45, 7) is 0. The van der Waals surface area contributed by atoms with Gasteiger partial charge in [-0.1, -0.05) is 12.1 Å². The molecule has 2 N–H and O–H groups in total. The van der Waals surface area contributed by atoms with Gasteiger partial charge in [0.15, 0.2) is 0 Å². The van der Waals surface area contributed by atoms with Crippen LogP contribution in [-0.4, -0.2) is 24.3 Å². The molecule has 6 rings (SSSR count). The summed E-state index contributed by atoms with van der Waals surface area (Å²) in [5.41, 5.74) is 11.5. The van der Waals surface area contributed by atoms with Crippen LogP contribution in [0.15, 0.2) is 72.6 Å². The van der Waals surface area contributed by atoms with Crippen molar-refractivity contribution in [2.24, 2.45) is 12.8 Å². The highest BCUT2D eigenvalue weighted by Gasteiger charge is 2.40. The molecule has 0 saturated heterocycles. The zero-order valence-corrected chi connectivity index (χ0v) is 18.0. The van der Waals surface area contributed by atoms with Crippen molar-refractivity contribution in [1.29, 1.82) is 5.26 Å². The Kier molecular flexibility index (Phi) is 4.30. The van der Waals surface area contributed by atoms with E-state index in [0.717, 1.165) is 46.7 Å². The highest BCUT2D eigenvalue weighted by Crippen LogP contribution is 2.50. The number of aromatic nitrogens is 5. The van der Waals surface area contributed by atoms with Crippen molar-refractivity contribution in [1.82, 2.24) is 24.3 Å². The second-order valence-electron chi connectivity index (χ2n) is 8.38. The molecule has 33 heavy (non-hydrogen) atoms. The van der Waals surface area contributed by atoms with Crippen molar-refractivity contribution in [3.8, 4) is 29.0 Å². The molecule has 1 atom stereocenters. The van der Waals surface area contributed by atoms with Crippen molar-refractivity contribution < 1.29 is 4.74 Å². The van der Waals surface area contributed by atoms with Gasteiger partial charge in [0.2, 0.25) is 11.8 Å². The predicted molar refractivity (Wildman–Crippen MR) is 121 cm³/mol. The van der Waals surface area contributed by atoms with Crippen LogP contribution in [0.2, 0.25) is 0 Å². The molecular weight excluding hydrogens is 414 g/mol. The van der Waals surface area contributed by atoms with E-state index in [9.17, 15) is 5.26 Å². The van der Waals surface area contributed by atoms with E-state index in [1.165, 1.54) is 0 Å². The van der Waals surface area contributed by atoms with Crippen LogP contribution in [0, 0.1) is 11.3 Å². The van der Waals surface area contributed by atoms with Crippen LogP contribution >= 0.6 is 0 Å². The zero-order valence-electron chi connectivity index (χ0n) is 18.0. The molecule has 2 aliphatic rings. The Hall–Kier alpha value is -4.38. The highest BCUT2D eigenvalue weighted by molar-refractivity contribution is 5.60. The largest absolute Gasteiger partial charge is 0.422 e. The quantitative estimate of drug-likeness (QED) is 0.523. The van der Waals surface area contributed by atoms with Gasteiger partial charge in [0.05, 0.1) is 17.2 Å². The Morgan fingerprint density at radius 1 is 1.09 bits per heavy atom. The summed E-state index contributed by atoms with van der Waals surface area (Å²) in [5.74, 6) is 1.71. The van der Waals surface area contributed by atoms with Gasteiger partial charge in [-0.15, -0.1) is 0 Å². The number of hydrogen-bond acceptors (Lipinski definition) is 6. The molecule has 3 aromatic heterocycles. The van der Waals surface area contributed by atoms with E-state index < -0.39 is 0 Å². The second kappa shape index (κ2) is 7.35. The summed E-state index contributed by atoms with van der Waals surface area (Å²) in [5, 5.41) is 14.6. The Bertz CT molecular complexity index is 1420. The molecule has 0 amide bonds. The van der Waals surface area contributed by atoms with Gasteiger partial charge in [-0.3, -0.25) is 9.55 Å². The normalized spacial score (nSPS) is 17.4. The van der Waals surface area contributed by atoms with Gasteiger partial charge in [0.25, 0.3) is 0 Å². The van der Waals surface area contributed by atoms with Crippen LogP contribution in [0.5, 0.6) is 5.88 Å². The molecule has 4 aromatic rings. The number of aryl methyl sites for hydroxylation is 1. The number of nitrogens with zero attached hydrogens (tertiary/aromatic N) is 6. The fourth-order valence-electron chi connectivity index (χ4n) is 4.55. The maximum absolute atomic E-state index is 9.93. The number of imidazole rings is 1. The average molecular weight is 435 g/mol. The van der Waals surface area contributed by atoms with Crippen LogP contribution in [0.3, 0.4) is 0 Å². The predicted octanol–water partition coefficient (Wildman–Crippen LogP) is 3.76. The van der Waals surface area contributed by atoms with Crippen molar-refractivity contribution >= 4 is 0 Å². The van der Waals surface area contributed by atoms with Gasteiger partial charge in [0.1, 0.15) is 17.5 Å². The van der Waals surface area contributed by atoms with Gasteiger partial charge in [-0.25, -0.2) is 9.67 Å². The summed E-state index contributed by atoms with van der Waals surface area (Å²) in [6.07, 6.45) is 9.44. The lowest BCUT2D eigenvalue weighted by molar-refractivity contribution is 0.358. The smallest absolute Gasteiger partial charge is 0.224 e. The first-order valence-electron chi connectivity index (χ1n) is 10.8. The molecule has 1 fully saturated rings. The maximum Gasteiger partial charge on any atom is 0.224 e. The third kappa shape index (κ3) is 3.09. The maximum atomic E-state index is 9.93. The molecule has 1 aromatic carbocycles. The Morgan fingerprint density at radius 3 is 2.55 bits per heavy atom. The minimum atomic E-state index is -0.306. The van der Waals surface area contributed by atoms with E-state index >= 15 is 0 Å². The van der Waals surface area contributed by atoms with Gasteiger partial charge >= 0.3 is 0 Å². The third-order valence-electron chi connectivity index (χ3n) is 6.28. The number of allylic oxidation sites excluding steroid dienone is 1. The van der Waals surface area contributed by atoms with Crippen LogP contribution in [0.4, 0.5) is 0 Å². The first kappa shape index (κ1) is 19.3. The van der Waals surface area contributed by atoms with E-state index in [-0.39, 0.29) is 11.8 Å². The van der Waals surface area contributed by atoms with Crippen molar-refractivity contribution in [2.75, 3.05) is 0 Å². The van der Waals surface area contributed by atoms with E-state index in [1.54, 1.807) is 23.3 Å². The molecule has 1 saturated carbocycles. The SMILES string of the molecule is Cn1nc(C2CC2)c2c1OC(N)=C(C#N)C2c1ccc(-n2ccnc2-c2ccncc2)cc1. The number of nitrogens with two attached hydrogens (primary N) is 1. The van der Waals surface area contributed by atoms with Crippen molar-refractivity contribution in [2.45, 2.75) is 24.7 Å². The molecule has 4 heterocycles. The van der Waals surface area contributed by atoms with E-state index in [2.05, 4.69) is 16.0 Å². The lowest BCUT2D eigenvalue weighted by atomic mass is 9.83. The summed E-state index contributed by atoms with van der Waals surface area (Å²) in [7, 11) is 1.86. The van der Waals surface area contributed by atoms with Crippen LogP contribution in [0.25, 0.3) is 17.1 Å². The van der Waals surface area contributed by atoms with Crippen molar-refractivity contribution in [3.05, 3.63) is 89.5 Å². The Labute approximate surface area is 190 Å². The lowest BCUT2D eigenvalue weighted by Crippen LogP contribution is -2.22. The van der Waals surface area contributed by atoms with Gasteiger partial charge in [-0.05, 0) is 42.7 Å². The fourth-order valence-corrected chi connectivity index (χ4v) is 4.55. The summed E-state index contributed by atoms with van der Waals surface area (Å²) < 4.78 is 9.61. The number of nitriles is 1. The summed E-state index contributed by atoms with van der Waals surface area (Å²) in [6, 6.07) is 14.3. The molecular formula is C25H21N7O. The molecule has 1 aliphatic carbocycles. The fraction of sp³-hybridized carbons (Fsp3) is 0.200. The van der Waals surface area contributed by atoms with Crippen molar-refractivity contribution in [3.63, 3.8) is 0 Å². The lowest BCUT2D eigenvalue weighted by Gasteiger charge is -2.25. The molecule has 0 radical (unpaired) electrons. The minimum Gasteiger partial charge on any atom is -0.422 e. The average Bonchev–Trinajstić information content (AvgIpc) is 3.48. The number of fused-ring (bicyclic) bond motifs is 1. The number of rotatable bonds is 4. The first-order valence-corrected chi connectivity index (χ1v) is 10.8. The summed E-state index contributed by atoms with van der Waals surface area (Å²) >= 11 is 0. The first-order chi connectivity index (χ1) is 16.2. The van der Waals surface area contributed by atoms with Crippen LogP contribution in [0.1, 0.15) is 41.5 Å². The molecule has 8 nitrogen and oxygen atoms in total.